The summed E-state index contributed by atoms with van der Waals surface area (Å²) >= 11 is 0. The predicted molar refractivity (Wildman–Crippen MR) is 81.3 cm³/mol. The van der Waals surface area contributed by atoms with Gasteiger partial charge in [-0.05, 0) is 0 Å². The van der Waals surface area contributed by atoms with Gasteiger partial charge in [-0.3, -0.25) is 0 Å². The van der Waals surface area contributed by atoms with Gasteiger partial charge >= 0.3 is 115 Å². The van der Waals surface area contributed by atoms with Crippen LogP contribution in [0.3, 0.4) is 0 Å². The maximum absolute atomic E-state index is 11.3. The normalized spacial score (nSPS) is 14.8. The summed E-state index contributed by atoms with van der Waals surface area (Å²) in [5.41, 5.74) is 1.05. The van der Waals surface area contributed by atoms with Crippen molar-refractivity contribution in [2.75, 3.05) is 18.5 Å². The van der Waals surface area contributed by atoms with E-state index in [0.717, 1.165) is 5.56 Å². The molecule has 1 aromatic carbocycles. The van der Waals surface area contributed by atoms with E-state index in [2.05, 4.69) is 0 Å². The van der Waals surface area contributed by atoms with Crippen molar-refractivity contribution in [1.29, 1.82) is 0 Å². The van der Waals surface area contributed by atoms with Gasteiger partial charge in [0.25, 0.3) is 0 Å². The second-order valence-electron chi connectivity index (χ2n) is 4.95. The topological polar surface area (TPSA) is 63.6 Å². The van der Waals surface area contributed by atoms with Gasteiger partial charge in [-0.1, -0.05) is 0 Å². The van der Waals surface area contributed by atoms with Gasteiger partial charge in [0.1, 0.15) is 0 Å². The van der Waals surface area contributed by atoms with Crippen LogP contribution in [0.5, 0.6) is 0 Å². The van der Waals surface area contributed by atoms with Gasteiger partial charge in [-0.25, -0.2) is 0 Å². The quantitative estimate of drug-likeness (QED) is 0.618. The summed E-state index contributed by atoms with van der Waals surface area (Å²) in [6.07, 6.45) is 2.48. The SMILES string of the molecule is CCP(CC)(CC)(Cc1ccccc1)OS(=O)(=O)O. The molecule has 19 heavy (non-hydrogen) atoms. The molecule has 0 radical (unpaired) electrons. The minimum absolute atomic E-state index is 0.579. The van der Waals surface area contributed by atoms with Gasteiger partial charge in [-0.15, -0.1) is 0 Å². The third kappa shape index (κ3) is 3.99. The molecule has 0 spiro atoms. The molecule has 6 heteroatoms. The molecule has 0 aliphatic rings. The summed E-state index contributed by atoms with van der Waals surface area (Å²) in [5, 5.41) is 0. The van der Waals surface area contributed by atoms with E-state index in [4.69, 9.17) is 3.97 Å². The van der Waals surface area contributed by atoms with E-state index < -0.39 is 17.2 Å². The summed E-state index contributed by atoms with van der Waals surface area (Å²) < 4.78 is 37.1. The van der Waals surface area contributed by atoms with Crippen molar-refractivity contribution in [3.63, 3.8) is 0 Å². The first kappa shape index (κ1) is 16.6. The van der Waals surface area contributed by atoms with E-state index >= 15 is 0 Å². The van der Waals surface area contributed by atoms with Crippen LogP contribution < -0.4 is 0 Å². The summed E-state index contributed by atoms with van der Waals surface area (Å²) in [5.74, 6) is 0. The third-order valence-electron chi connectivity index (χ3n) is 4.13. The second-order valence-corrected chi connectivity index (χ2v) is 12.3. The fraction of sp³-hybridized carbons (Fsp3) is 0.538. The first-order valence-corrected chi connectivity index (χ1v) is 10.8. The molecule has 0 atom stereocenters. The average Bonchev–Trinajstić information content (AvgIpc) is 2.38. The Morgan fingerprint density at radius 3 is 1.89 bits per heavy atom. The molecular formula is C13H23O4PS. The van der Waals surface area contributed by atoms with Crippen LogP contribution >= 0.6 is 6.83 Å². The van der Waals surface area contributed by atoms with Crippen LogP contribution in [0.1, 0.15) is 26.3 Å². The van der Waals surface area contributed by atoms with Crippen molar-refractivity contribution in [3.05, 3.63) is 35.9 Å². The van der Waals surface area contributed by atoms with Crippen LogP contribution in [0.15, 0.2) is 30.3 Å². The summed E-state index contributed by atoms with van der Waals surface area (Å²) in [7, 11) is -4.44. The van der Waals surface area contributed by atoms with E-state index in [-0.39, 0.29) is 0 Å². The fourth-order valence-corrected chi connectivity index (χ4v) is 9.26. The van der Waals surface area contributed by atoms with Crippen LogP contribution in [-0.4, -0.2) is 31.5 Å². The molecule has 0 heterocycles. The number of benzene rings is 1. The Labute approximate surface area is 116 Å². The number of hydrogen-bond donors (Lipinski definition) is 1. The molecule has 0 amide bonds. The molecule has 0 bridgehead atoms. The van der Waals surface area contributed by atoms with Gasteiger partial charge < -0.3 is 0 Å². The Morgan fingerprint density at radius 1 is 1.05 bits per heavy atom. The van der Waals surface area contributed by atoms with E-state index in [9.17, 15) is 13.0 Å². The van der Waals surface area contributed by atoms with Crippen LogP contribution in [0.2, 0.25) is 0 Å². The molecule has 0 saturated carbocycles. The molecule has 0 aromatic heterocycles. The first-order chi connectivity index (χ1) is 8.78. The molecule has 4 nitrogen and oxygen atoms in total. The molecule has 1 N–H and O–H groups in total. The Hall–Kier alpha value is -0.480. The van der Waals surface area contributed by atoms with Gasteiger partial charge in [0, 0.05) is 0 Å². The van der Waals surface area contributed by atoms with Gasteiger partial charge in [0.15, 0.2) is 0 Å². The molecule has 1 rings (SSSR count). The van der Waals surface area contributed by atoms with Crippen LogP contribution in [0, 0.1) is 0 Å². The van der Waals surface area contributed by atoms with Crippen molar-refractivity contribution in [2.24, 2.45) is 0 Å². The molecule has 0 unspecified atom stereocenters. The van der Waals surface area contributed by atoms with E-state index in [1.54, 1.807) is 0 Å². The van der Waals surface area contributed by atoms with Crippen molar-refractivity contribution in [3.8, 4) is 0 Å². The molecule has 1 aromatic rings. The van der Waals surface area contributed by atoms with E-state index in [1.165, 1.54) is 0 Å². The number of hydrogen-bond acceptors (Lipinski definition) is 3. The van der Waals surface area contributed by atoms with Crippen LogP contribution in [-0.2, 0) is 20.5 Å². The fourth-order valence-electron chi connectivity index (χ4n) is 2.50. The molecule has 0 aliphatic carbocycles. The van der Waals surface area contributed by atoms with Crippen LogP contribution in [0.25, 0.3) is 0 Å². The Kier molecular flexibility index (Phi) is 5.13. The van der Waals surface area contributed by atoms with E-state index in [0.29, 0.717) is 24.6 Å². The predicted octanol–water partition coefficient (Wildman–Crippen LogP) is 3.53. The van der Waals surface area contributed by atoms with Crippen molar-refractivity contribution < 1.29 is 16.9 Å². The molecule has 0 saturated heterocycles. The van der Waals surface area contributed by atoms with Gasteiger partial charge in [0.2, 0.25) is 0 Å². The second kappa shape index (κ2) is 5.88. The zero-order chi connectivity index (χ0) is 14.6. The monoisotopic (exact) mass is 306 g/mol. The molecule has 0 fully saturated rings. The first-order valence-electron chi connectivity index (χ1n) is 6.52. The Morgan fingerprint density at radius 2 is 1.53 bits per heavy atom. The van der Waals surface area contributed by atoms with E-state index in [1.807, 2.05) is 51.1 Å². The zero-order valence-electron chi connectivity index (χ0n) is 11.7. The Bertz CT molecular complexity index is 498. The molecule has 110 valence electrons. The van der Waals surface area contributed by atoms with Crippen molar-refractivity contribution in [1.82, 2.24) is 0 Å². The van der Waals surface area contributed by atoms with Crippen molar-refractivity contribution >= 4 is 17.2 Å². The Balaban J connectivity index is 3.26. The van der Waals surface area contributed by atoms with Gasteiger partial charge in [-0.2, -0.15) is 0 Å². The average molecular weight is 306 g/mol. The summed E-state index contributed by atoms with van der Waals surface area (Å²) in [4.78, 5) is 0. The summed E-state index contributed by atoms with van der Waals surface area (Å²) in [6.45, 7) is 2.86. The van der Waals surface area contributed by atoms with Gasteiger partial charge in [0.05, 0.1) is 0 Å². The molecule has 0 aliphatic heterocycles. The zero-order valence-corrected chi connectivity index (χ0v) is 13.5. The molecular weight excluding hydrogens is 283 g/mol. The standard InChI is InChI=1S/C13H23O4PS/c1-4-18(5-2,6-3,17-19(14,15)16)12-13-10-8-7-9-11-13/h7-11H,4-6,12H2,1-3H3,(H,14,15,16). The van der Waals surface area contributed by atoms with Crippen LogP contribution in [0.4, 0.5) is 0 Å². The minimum atomic E-state index is -4.44. The number of rotatable bonds is 7. The maximum atomic E-state index is 11.3. The third-order valence-corrected chi connectivity index (χ3v) is 12.5. The summed E-state index contributed by atoms with van der Waals surface area (Å²) in [6, 6.07) is 9.71. The van der Waals surface area contributed by atoms with Crippen molar-refractivity contribution in [2.45, 2.75) is 26.9 Å².